The zero-order chi connectivity index (χ0) is 9.14. The Morgan fingerprint density at radius 3 is 2.17 bits per heavy atom. The van der Waals surface area contributed by atoms with Crippen molar-refractivity contribution in [3.8, 4) is 0 Å². The maximum Gasteiger partial charge on any atom is 0.128 e. The van der Waals surface area contributed by atoms with Crippen LogP contribution in [0.15, 0.2) is 23.2 Å². The van der Waals surface area contributed by atoms with E-state index in [1.165, 1.54) is 0 Å². The number of amidine groups is 1. The van der Waals surface area contributed by atoms with Crippen LogP contribution in [0.4, 0.5) is 14.5 Å². The first-order valence-corrected chi connectivity index (χ1v) is 3.35. The monoisotopic (exact) mass is 170 g/mol. The van der Waals surface area contributed by atoms with E-state index < -0.39 is 11.6 Å². The highest BCUT2D eigenvalue weighted by Crippen LogP contribution is 2.15. The summed E-state index contributed by atoms with van der Waals surface area (Å²) in [7, 11) is 0. The Labute approximate surface area is 68.7 Å². The van der Waals surface area contributed by atoms with Gasteiger partial charge in [-0.05, 0) is 19.1 Å². The molecule has 0 spiro atoms. The van der Waals surface area contributed by atoms with E-state index in [9.17, 15) is 8.78 Å². The van der Waals surface area contributed by atoms with E-state index in [1.54, 1.807) is 6.92 Å². The van der Waals surface area contributed by atoms with Crippen molar-refractivity contribution in [1.29, 1.82) is 0 Å². The molecule has 12 heavy (non-hydrogen) atoms. The number of rotatable bonds is 1. The molecule has 1 aromatic carbocycles. The Bertz CT molecular complexity index is 297. The van der Waals surface area contributed by atoms with E-state index in [1.807, 2.05) is 0 Å². The standard InChI is InChI=1S/C8H8F2N2/c1-5(11)12-8-3-6(9)2-7(10)4-8/h2-4H,1H3,(H2,11,12). The molecule has 1 aromatic rings. The number of aliphatic imine (C=N–C) groups is 1. The maximum absolute atomic E-state index is 12.5. The molecule has 0 heterocycles. The lowest BCUT2D eigenvalue weighted by molar-refractivity contribution is 0.584. The van der Waals surface area contributed by atoms with Crippen LogP contribution in [0.3, 0.4) is 0 Å². The smallest absolute Gasteiger partial charge is 0.128 e. The Morgan fingerprint density at radius 1 is 1.25 bits per heavy atom. The third-order valence-corrected chi connectivity index (χ3v) is 1.15. The van der Waals surface area contributed by atoms with Crippen LogP contribution in [0.25, 0.3) is 0 Å². The lowest BCUT2D eigenvalue weighted by atomic mass is 10.3. The summed E-state index contributed by atoms with van der Waals surface area (Å²) in [5.74, 6) is -1.05. The van der Waals surface area contributed by atoms with Crippen molar-refractivity contribution in [2.24, 2.45) is 10.7 Å². The Hall–Kier alpha value is -1.45. The van der Waals surface area contributed by atoms with Gasteiger partial charge in [0.15, 0.2) is 0 Å². The van der Waals surface area contributed by atoms with Gasteiger partial charge in [0.2, 0.25) is 0 Å². The van der Waals surface area contributed by atoms with Crippen LogP contribution in [-0.2, 0) is 0 Å². The molecule has 0 radical (unpaired) electrons. The molecular formula is C8H8F2N2. The minimum absolute atomic E-state index is 0.188. The van der Waals surface area contributed by atoms with E-state index >= 15 is 0 Å². The number of hydrogen-bond donors (Lipinski definition) is 1. The Kier molecular flexibility index (Phi) is 2.38. The van der Waals surface area contributed by atoms with E-state index in [0.717, 1.165) is 18.2 Å². The van der Waals surface area contributed by atoms with Crippen molar-refractivity contribution in [1.82, 2.24) is 0 Å². The molecule has 2 N–H and O–H groups in total. The molecule has 4 heteroatoms. The highest BCUT2D eigenvalue weighted by Gasteiger charge is 1.98. The third-order valence-electron chi connectivity index (χ3n) is 1.15. The van der Waals surface area contributed by atoms with Gasteiger partial charge in [-0.3, -0.25) is 0 Å². The van der Waals surface area contributed by atoms with Crippen LogP contribution < -0.4 is 5.73 Å². The minimum Gasteiger partial charge on any atom is -0.387 e. The normalized spacial score (nSPS) is 11.8. The zero-order valence-corrected chi connectivity index (χ0v) is 6.51. The molecule has 1 rings (SSSR count). The fourth-order valence-electron chi connectivity index (χ4n) is 0.807. The summed E-state index contributed by atoms with van der Waals surface area (Å²) in [6.45, 7) is 1.54. The zero-order valence-electron chi connectivity index (χ0n) is 6.51. The first kappa shape index (κ1) is 8.64. The highest BCUT2D eigenvalue weighted by atomic mass is 19.1. The summed E-state index contributed by atoms with van der Waals surface area (Å²) in [6.07, 6.45) is 0. The van der Waals surface area contributed by atoms with Gasteiger partial charge in [-0.1, -0.05) is 0 Å². The molecular weight excluding hydrogens is 162 g/mol. The van der Waals surface area contributed by atoms with Crippen molar-refractivity contribution in [3.05, 3.63) is 29.8 Å². The summed E-state index contributed by atoms with van der Waals surface area (Å²) in [6, 6.07) is 3.00. The Morgan fingerprint density at radius 2 is 1.75 bits per heavy atom. The number of nitrogens with two attached hydrogens (primary N) is 1. The summed E-state index contributed by atoms with van der Waals surface area (Å²) in [5.41, 5.74) is 5.42. The molecule has 64 valence electrons. The van der Waals surface area contributed by atoms with Gasteiger partial charge < -0.3 is 5.73 Å². The molecule has 0 saturated heterocycles. The lowest BCUT2D eigenvalue weighted by Crippen LogP contribution is -2.03. The molecule has 0 unspecified atom stereocenters. The Balaban J connectivity index is 3.09. The van der Waals surface area contributed by atoms with Crippen LogP contribution in [0.2, 0.25) is 0 Å². The van der Waals surface area contributed by atoms with E-state index in [2.05, 4.69) is 4.99 Å². The topological polar surface area (TPSA) is 38.4 Å². The van der Waals surface area contributed by atoms with Crippen molar-refractivity contribution >= 4 is 11.5 Å². The third kappa shape index (κ3) is 2.30. The summed E-state index contributed by atoms with van der Waals surface area (Å²) >= 11 is 0. The lowest BCUT2D eigenvalue weighted by Gasteiger charge is -1.95. The van der Waals surface area contributed by atoms with Crippen LogP contribution >= 0.6 is 0 Å². The largest absolute Gasteiger partial charge is 0.387 e. The van der Waals surface area contributed by atoms with Gasteiger partial charge in [0.25, 0.3) is 0 Å². The number of halogens is 2. The van der Waals surface area contributed by atoms with Gasteiger partial charge in [-0.25, -0.2) is 13.8 Å². The van der Waals surface area contributed by atoms with Gasteiger partial charge >= 0.3 is 0 Å². The predicted molar refractivity (Wildman–Crippen MR) is 43.3 cm³/mol. The van der Waals surface area contributed by atoms with Gasteiger partial charge in [0, 0.05) is 6.07 Å². The van der Waals surface area contributed by atoms with E-state index in [-0.39, 0.29) is 11.5 Å². The first-order valence-electron chi connectivity index (χ1n) is 3.35. The van der Waals surface area contributed by atoms with Crippen molar-refractivity contribution in [3.63, 3.8) is 0 Å². The van der Waals surface area contributed by atoms with Crippen LogP contribution in [0.1, 0.15) is 6.92 Å². The van der Waals surface area contributed by atoms with E-state index in [4.69, 9.17) is 5.73 Å². The maximum atomic E-state index is 12.5. The second-order valence-electron chi connectivity index (χ2n) is 2.38. The first-order chi connectivity index (χ1) is 5.58. The van der Waals surface area contributed by atoms with Crippen LogP contribution in [0, 0.1) is 11.6 Å². The molecule has 0 atom stereocenters. The molecule has 0 aliphatic rings. The molecule has 0 aliphatic heterocycles. The number of nitrogens with zero attached hydrogens (tertiary/aromatic N) is 1. The molecule has 0 amide bonds. The van der Waals surface area contributed by atoms with Crippen molar-refractivity contribution < 1.29 is 8.78 Å². The average molecular weight is 170 g/mol. The van der Waals surface area contributed by atoms with Crippen LogP contribution in [-0.4, -0.2) is 5.84 Å². The molecule has 0 aliphatic carbocycles. The fourth-order valence-corrected chi connectivity index (χ4v) is 0.807. The molecule has 0 aromatic heterocycles. The second kappa shape index (κ2) is 3.30. The number of benzene rings is 1. The van der Waals surface area contributed by atoms with Gasteiger partial charge in [-0.15, -0.1) is 0 Å². The van der Waals surface area contributed by atoms with Gasteiger partial charge in [0.05, 0.1) is 11.5 Å². The predicted octanol–water partition coefficient (Wildman–Crippen LogP) is 1.97. The molecule has 0 saturated carbocycles. The van der Waals surface area contributed by atoms with Gasteiger partial charge in [0.1, 0.15) is 11.6 Å². The summed E-state index contributed by atoms with van der Waals surface area (Å²) in [5, 5.41) is 0. The number of hydrogen-bond acceptors (Lipinski definition) is 1. The fraction of sp³-hybridized carbons (Fsp3) is 0.125. The summed E-state index contributed by atoms with van der Waals surface area (Å²) in [4.78, 5) is 3.70. The quantitative estimate of drug-likeness (QED) is 0.508. The van der Waals surface area contributed by atoms with E-state index in [0.29, 0.717) is 0 Å². The molecule has 0 bridgehead atoms. The van der Waals surface area contributed by atoms with Crippen molar-refractivity contribution in [2.45, 2.75) is 6.92 Å². The minimum atomic E-state index is -0.657. The van der Waals surface area contributed by atoms with Gasteiger partial charge in [-0.2, -0.15) is 0 Å². The molecule has 2 nitrogen and oxygen atoms in total. The van der Waals surface area contributed by atoms with Crippen LogP contribution in [0.5, 0.6) is 0 Å². The second-order valence-corrected chi connectivity index (χ2v) is 2.38. The average Bonchev–Trinajstić information content (AvgIpc) is 1.81. The molecule has 0 fully saturated rings. The summed E-state index contributed by atoms with van der Waals surface area (Å²) < 4.78 is 25.1. The highest BCUT2D eigenvalue weighted by molar-refractivity contribution is 5.80. The van der Waals surface area contributed by atoms with Crippen molar-refractivity contribution in [2.75, 3.05) is 0 Å². The SMILES string of the molecule is CC(N)=Nc1cc(F)cc(F)c1.